The number of likely N-dealkylation sites (tertiary alicyclic amines) is 1. The molecule has 1 amide bonds. The van der Waals surface area contributed by atoms with Crippen LogP contribution >= 0.6 is 0 Å². The normalized spacial score (nSPS) is 25.0. The third kappa shape index (κ3) is 5.28. The van der Waals surface area contributed by atoms with Crippen molar-refractivity contribution in [1.82, 2.24) is 14.7 Å². The topological polar surface area (TPSA) is 64.1 Å². The van der Waals surface area contributed by atoms with Crippen molar-refractivity contribution in [3.05, 3.63) is 0 Å². The molecule has 0 spiro atoms. The van der Waals surface area contributed by atoms with Crippen LogP contribution in [0.5, 0.6) is 0 Å². The highest BCUT2D eigenvalue weighted by atomic mass is 16.4. The maximum Gasteiger partial charge on any atom is 0.303 e. The van der Waals surface area contributed by atoms with Gasteiger partial charge < -0.3 is 14.9 Å². The van der Waals surface area contributed by atoms with Crippen molar-refractivity contribution in [3.8, 4) is 0 Å². The van der Waals surface area contributed by atoms with E-state index in [1.54, 1.807) is 0 Å². The number of rotatable bonds is 5. The van der Waals surface area contributed by atoms with E-state index < -0.39 is 5.97 Å². The Morgan fingerprint density at radius 1 is 1.14 bits per heavy atom. The summed E-state index contributed by atoms with van der Waals surface area (Å²) in [7, 11) is 2.08. The Morgan fingerprint density at radius 2 is 1.86 bits per heavy atom. The molecule has 120 valence electrons. The third-order valence-electron chi connectivity index (χ3n) is 4.58. The van der Waals surface area contributed by atoms with E-state index >= 15 is 0 Å². The van der Waals surface area contributed by atoms with Crippen molar-refractivity contribution in [3.63, 3.8) is 0 Å². The van der Waals surface area contributed by atoms with Crippen molar-refractivity contribution in [2.24, 2.45) is 5.92 Å². The molecule has 6 heteroatoms. The Kier molecular flexibility index (Phi) is 5.99. The molecule has 6 nitrogen and oxygen atoms in total. The van der Waals surface area contributed by atoms with E-state index in [4.69, 9.17) is 5.11 Å². The van der Waals surface area contributed by atoms with Crippen LogP contribution in [-0.4, -0.2) is 84.5 Å². The second kappa shape index (κ2) is 7.75. The number of nitrogens with zero attached hydrogens (tertiary/aromatic N) is 3. The van der Waals surface area contributed by atoms with Gasteiger partial charge in [0.2, 0.25) is 5.91 Å². The predicted octanol–water partition coefficient (Wildman–Crippen LogP) is 0.337. The lowest BCUT2D eigenvalue weighted by molar-refractivity contribution is -0.138. The number of likely N-dealkylation sites (N-methyl/N-ethyl adjacent to an activating group) is 1. The summed E-state index contributed by atoms with van der Waals surface area (Å²) in [4.78, 5) is 29.4. The number of piperidine rings is 1. The Hall–Kier alpha value is -1.14. The number of hydrogen-bond acceptors (Lipinski definition) is 4. The van der Waals surface area contributed by atoms with Gasteiger partial charge >= 0.3 is 5.97 Å². The molecule has 2 aliphatic heterocycles. The number of piperazine rings is 1. The van der Waals surface area contributed by atoms with Gasteiger partial charge in [-0.2, -0.15) is 0 Å². The van der Waals surface area contributed by atoms with Gasteiger partial charge in [-0.05, 0) is 38.8 Å². The number of carbonyl (C=O) groups is 2. The smallest absolute Gasteiger partial charge is 0.303 e. The summed E-state index contributed by atoms with van der Waals surface area (Å²) >= 11 is 0. The second-order valence-corrected chi connectivity index (χ2v) is 6.36. The van der Waals surface area contributed by atoms with Crippen molar-refractivity contribution < 1.29 is 14.7 Å². The first-order valence-corrected chi connectivity index (χ1v) is 7.95. The largest absolute Gasteiger partial charge is 0.481 e. The molecule has 1 atom stereocenters. The van der Waals surface area contributed by atoms with Crippen LogP contribution < -0.4 is 0 Å². The molecule has 21 heavy (non-hydrogen) atoms. The van der Waals surface area contributed by atoms with Crippen molar-refractivity contribution in [1.29, 1.82) is 0 Å². The molecular weight excluding hydrogens is 270 g/mol. The van der Waals surface area contributed by atoms with E-state index in [0.29, 0.717) is 12.5 Å². The van der Waals surface area contributed by atoms with E-state index in [0.717, 1.165) is 58.5 Å². The monoisotopic (exact) mass is 297 g/mol. The number of hydrogen-bond donors (Lipinski definition) is 1. The number of aliphatic carboxylic acids is 1. The maximum absolute atomic E-state index is 12.3. The quantitative estimate of drug-likeness (QED) is 0.792. The first kappa shape index (κ1) is 16.2. The van der Waals surface area contributed by atoms with Gasteiger partial charge in [0.15, 0.2) is 0 Å². The Morgan fingerprint density at radius 3 is 2.52 bits per heavy atom. The van der Waals surface area contributed by atoms with E-state index in [2.05, 4.69) is 16.8 Å². The average molecular weight is 297 g/mol. The maximum atomic E-state index is 12.3. The van der Waals surface area contributed by atoms with Crippen LogP contribution in [0.2, 0.25) is 0 Å². The Bertz CT molecular complexity index is 367. The fraction of sp³-hybridized carbons (Fsp3) is 0.867. The van der Waals surface area contributed by atoms with Gasteiger partial charge in [0.1, 0.15) is 0 Å². The fourth-order valence-corrected chi connectivity index (χ4v) is 3.21. The summed E-state index contributed by atoms with van der Waals surface area (Å²) in [6, 6.07) is 0. The van der Waals surface area contributed by atoms with Crippen LogP contribution in [-0.2, 0) is 9.59 Å². The standard InChI is InChI=1S/C15H27N3O3/c1-16-7-9-18(10-8-16)14(19)12-17-6-2-3-13(11-17)4-5-15(20)21/h13H,2-12H2,1H3,(H,20,21). The van der Waals surface area contributed by atoms with Crippen LogP contribution in [0.3, 0.4) is 0 Å². The first-order valence-electron chi connectivity index (χ1n) is 7.95. The van der Waals surface area contributed by atoms with Gasteiger partial charge in [0, 0.05) is 39.1 Å². The van der Waals surface area contributed by atoms with Crippen LogP contribution in [0.15, 0.2) is 0 Å². The summed E-state index contributed by atoms with van der Waals surface area (Å²) < 4.78 is 0. The molecule has 0 bridgehead atoms. The zero-order chi connectivity index (χ0) is 15.2. The van der Waals surface area contributed by atoms with E-state index in [-0.39, 0.29) is 12.3 Å². The summed E-state index contributed by atoms with van der Waals surface area (Å²) in [6.45, 7) is 5.88. The predicted molar refractivity (Wildman–Crippen MR) is 80.1 cm³/mol. The molecule has 0 aromatic heterocycles. The Labute approximate surface area is 126 Å². The minimum atomic E-state index is -0.722. The molecule has 0 aliphatic carbocycles. The summed E-state index contributed by atoms with van der Waals surface area (Å²) in [5, 5.41) is 8.77. The highest BCUT2D eigenvalue weighted by Crippen LogP contribution is 2.21. The molecule has 2 saturated heterocycles. The number of carboxylic acid groups (broad SMARTS) is 1. The lowest BCUT2D eigenvalue weighted by atomic mass is 9.93. The molecule has 2 rings (SSSR count). The lowest BCUT2D eigenvalue weighted by Gasteiger charge is -2.36. The molecular formula is C15H27N3O3. The minimum Gasteiger partial charge on any atom is -0.481 e. The fourth-order valence-electron chi connectivity index (χ4n) is 3.21. The number of carboxylic acids is 1. The molecule has 1 N–H and O–H groups in total. The van der Waals surface area contributed by atoms with Crippen LogP contribution in [0.25, 0.3) is 0 Å². The van der Waals surface area contributed by atoms with Crippen molar-refractivity contribution in [2.75, 3.05) is 52.9 Å². The van der Waals surface area contributed by atoms with E-state index in [1.807, 2.05) is 4.90 Å². The molecule has 1 unspecified atom stereocenters. The van der Waals surface area contributed by atoms with Crippen molar-refractivity contribution >= 4 is 11.9 Å². The van der Waals surface area contributed by atoms with Gasteiger partial charge in [-0.3, -0.25) is 14.5 Å². The summed E-state index contributed by atoms with van der Waals surface area (Å²) in [6.07, 6.45) is 3.13. The molecule has 2 heterocycles. The van der Waals surface area contributed by atoms with E-state index in [1.165, 1.54) is 0 Å². The lowest BCUT2D eigenvalue weighted by Crippen LogP contribution is -2.51. The van der Waals surface area contributed by atoms with Crippen LogP contribution in [0, 0.1) is 5.92 Å². The van der Waals surface area contributed by atoms with Gasteiger partial charge in [0.05, 0.1) is 6.54 Å². The highest BCUT2D eigenvalue weighted by Gasteiger charge is 2.25. The Balaban J connectivity index is 1.74. The summed E-state index contributed by atoms with van der Waals surface area (Å²) in [5.41, 5.74) is 0. The highest BCUT2D eigenvalue weighted by molar-refractivity contribution is 5.78. The number of carbonyl (C=O) groups excluding carboxylic acids is 1. The third-order valence-corrected chi connectivity index (χ3v) is 4.58. The number of amides is 1. The SMILES string of the molecule is CN1CCN(C(=O)CN2CCCC(CCC(=O)O)C2)CC1. The van der Waals surface area contributed by atoms with Gasteiger partial charge in [0.25, 0.3) is 0 Å². The van der Waals surface area contributed by atoms with Crippen LogP contribution in [0.1, 0.15) is 25.7 Å². The molecule has 2 aliphatic rings. The van der Waals surface area contributed by atoms with Gasteiger partial charge in [-0.15, -0.1) is 0 Å². The zero-order valence-corrected chi connectivity index (χ0v) is 13.0. The molecule has 2 fully saturated rings. The molecule has 0 aromatic rings. The first-order chi connectivity index (χ1) is 10.0. The molecule has 0 radical (unpaired) electrons. The summed E-state index contributed by atoms with van der Waals surface area (Å²) in [5.74, 6) is -0.0715. The second-order valence-electron chi connectivity index (χ2n) is 6.36. The minimum absolute atomic E-state index is 0.224. The van der Waals surface area contributed by atoms with Crippen molar-refractivity contribution in [2.45, 2.75) is 25.7 Å². The van der Waals surface area contributed by atoms with Gasteiger partial charge in [-0.1, -0.05) is 0 Å². The molecule has 0 saturated carbocycles. The van der Waals surface area contributed by atoms with Gasteiger partial charge in [-0.25, -0.2) is 0 Å². The van der Waals surface area contributed by atoms with Crippen LogP contribution in [0.4, 0.5) is 0 Å². The average Bonchev–Trinajstić information content (AvgIpc) is 2.46. The molecule has 0 aromatic carbocycles. The van der Waals surface area contributed by atoms with E-state index in [9.17, 15) is 9.59 Å². The zero-order valence-electron chi connectivity index (χ0n) is 13.0.